The van der Waals surface area contributed by atoms with E-state index in [2.05, 4.69) is 21.2 Å². The summed E-state index contributed by atoms with van der Waals surface area (Å²) >= 11 is 3.14. The van der Waals surface area contributed by atoms with Gasteiger partial charge in [-0.15, -0.1) is 0 Å². The van der Waals surface area contributed by atoms with Gasteiger partial charge in [0.15, 0.2) is 0 Å². The zero-order valence-corrected chi connectivity index (χ0v) is 12.5. The Balaban J connectivity index is 2.32. The molecule has 0 radical (unpaired) electrons. The van der Waals surface area contributed by atoms with Crippen molar-refractivity contribution in [2.75, 3.05) is 5.32 Å². The molecule has 0 aliphatic carbocycles. The van der Waals surface area contributed by atoms with Crippen LogP contribution in [0.5, 0.6) is 0 Å². The molecule has 0 saturated heterocycles. The van der Waals surface area contributed by atoms with Crippen LogP contribution in [0.2, 0.25) is 0 Å². The maximum absolute atomic E-state index is 13.0. The fraction of sp³-hybridized carbons (Fsp3) is 0.0714. The molecule has 1 N–H and O–H groups in total. The number of hydrogen-bond donors (Lipinski definition) is 1. The number of halogens is 2. The molecule has 0 bridgehead atoms. The lowest BCUT2D eigenvalue weighted by molar-refractivity contribution is -0.384. The minimum Gasteiger partial charge on any atom is -0.321 e. The number of carbonyl (C=O) groups is 1. The highest BCUT2D eigenvalue weighted by Crippen LogP contribution is 2.25. The predicted molar refractivity (Wildman–Crippen MR) is 79.9 cm³/mol. The van der Waals surface area contributed by atoms with E-state index in [-0.39, 0.29) is 11.3 Å². The third kappa shape index (κ3) is 3.43. The number of nitrogens with zero attached hydrogens (tertiary/aromatic N) is 1. The highest BCUT2D eigenvalue weighted by Gasteiger charge is 2.15. The molecule has 2 rings (SSSR count). The molecule has 2 aromatic carbocycles. The van der Waals surface area contributed by atoms with Crippen LogP contribution in [-0.4, -0.2) is 10.8 Å². The van der Waals surface area contributed by atoms with Crippen LogP contribution in [0.1, 0.15) is 15.9 Å². The summed E-state index contributed by atoms with van der Waals surface area (Å²) < 4.78 is 13.4. The second-order valence-electron chi connectivity index (χ2n) is 4.33. The highest BCUT2D eigenvalue weighted by molar-refractivity contribution is 9.10. The van der Waals surface area contributed by atoms with E-state index in [0.29, 0.717) is 15.7 Å². The second-order valence-corrected chi connectivity index (χ2v) is 5.19. The van der Waals surface area contributed by atoms with Crippen LogP contribution in [0.25, 0.3) is 0 Å². The molecular weight excluding hydrogens is 343 g/mol. The summed E-state index contributed by atoms with van der Waals surface area (Å²) in [4.78, 5) is 22.4. The monoisotopic (exact) mass is 352 g/mol. The number of aryl methyl sites for hydroxylation is 1. The third-order valence-electron chi connectivity index (χ3n) is 2.86. The quantitative estimate of drug-likeness (QED) is 0.668. The molecule has 5 nitrogen and oxygen atoms in total. The fourth-order valence-electron chi connectivity index (χ4n) is 1.75. The minimum atomic E-state index is -0.565. The Bertz CT molecular complexity index is 734. The van der Waals surface area contributed by atoms with Crippen LogP contribution < -0.4 is 5.32 Å². The molecule has 0 atom stereocenters. The van der Waals surface area contributed by atoms with Gasteiger partial charge >= 0.3 is 0 Å². The summed E-state index contributed by atoms with van der Waals surface area (Å²) in [5.74, 6) is -0.935. The Morgan fingerprint density at radius 3 is 2.62 bits per heavy atom. The molecule has 1 amide bonds. The maximum atomic E-state index is 13.0. The van der Waals surface area contributed by atoms with Gasteiger partial charge in [-0.3, -0.25) is 14.9 Å². The summed E-state index contributed by atoms with van der Waals surface area (Å²) in [7, 11) is 0. The van der Waals surface area contributed by atoms with Crippen molar-refractivity contribution in [2.45, 2.75) is 6.92 Å². The zero-order valence-electron chi connectivity index (χ0n) is 10.9. The van der Waals surface area contributed by atoms with Gasteiger partial charge in [0.2, 0.25) is 0 Å². The van der Waals surface area contributed by atoms with Crippen molar-refractivity contribution in [3.63, 3.8) is 0 Å². The number of carbonyl (C=O) groups excluding carboxylic acids is 1. The van der Waals surface area contributed by atoms with Crippen LogP contribution in [0.15, 0.2) is 40.9 Å². The Morgan fingerprint density at radius 2 is 2.00 bits per heavy atom. The first kappa shape index (κ1) is 15.1. The minimum absolute atomic E-state index is 0.163. The Labute approximate surface area is 128 Å². The lowest BCUT2D eigenvalue weighted by Gasteiger charge is -2.09. The molecule has 0 aliphatic heterocycles. The van der Waals surface area contributed by atoms with Crippen LogP contribution in [0.3, 0.4) is 0 Å². The molecule has 108 valence electrons. The van der Waals surface area contributed by atoms with Crippen LogP contribution in [-0.2, 0) is 0 Å². The number of amides is 1. The lowest BCUT2D eigenvalue weighted by Crippen LogP contribution is -2.14. The van der Waals surface area contributed by atoms with E-state index in [1.54, 1.807) is 6.92 Å². The van der Waals surface area contributed by atoms with E-state index in [4.69, 9.17) is 0 Å². The van der Waals surface area contributed by atoms with E-state index in [0.717, 1.165) is 0 Å². The van der Waals surface area contributed by atoms with Gasteiger partial charge in [-0.05, 0) is 46.6 Å². The van der Waals surface area contributed by atoms with Gasteiger partial charge in [0.25, 0.3) is 11.6 Å². The van der Waals surface area contributed by atoms with Gasteiger partial charge < -0.3 is 5.32 Å². The average molecular weight is 353 g/mol. The molecule has 2 aromatic rings. The number of hydrogen-bond acceptors (Lipinski definition) is 3. The molecule has 7 heteroatoms. The van der Waals surface area contributed by atoms with Crippen molar-refractivity contribution in [1.29, 1.82) is 0 Å². The third-order valence-corrected chi connectivity index (χ3v) is 3.51. The van der Waals surface area contributed by atoms with E-state index < -0.39 is 16.6 Å². The van der Waals surface area contributed by atoms with Gasteiger partial charge in [-0.25, -0.2) is 4.39 Å². The predicted octanol–water partition coefficient (Wildman–Crippen LogP) is 4.06. The maximum Gasteiger partial charge on any atom is 0.270 e. The van der Waals surface area contributed by atoms with Gasteiger partial charge in [-0.2, -0.15) is 0 Å². The van der Waals surface area contributed by atoms with Crippen LogP contribution in [0, 0.1) is 22.9 Å². The molecule has 21 heavy (non-hydrogen) atoms. The van der Waals surface area contributed by atoms with E-state index in [9.17, 15) is 19.3 Å². The molecule has 0 unspecified atom stereocenters. The summed E-state index contributed by atoms with van der Waals surface area (Å²) in [6.07, 6.45) is 0. The van der Waals surface area contributed by atoms with Gasteiger partial charge in [0, 0.05) is 22.2 Å². The molecule has 0 aliphatic rings. The van der Waals surface area contributed by atoms with Crippen molar-refractivity contribution in [3.05, 3.63) is 67.9 Å². The number of rotatable bonds is 3. The average Bonchev–Trinajstić information content (AvgIpc) is 2.42. The van der Waals surface area contributed by atoms with Crippen LogP contribution >= 0.6 is 15.9 Å². The standard InChI is InChI=1S/C14H10BrFN2O3/c1-8-2-4-10(18(20)21)7-11(8)14(19)17-13-5-3-9(16)6-12(13)15/h2-7H,1H3,(H,17,19). The summed E-state index contributed by atoms with van der Waals surface area (Å²) in [6.45, 7) is 1.68. The summed E-state index contributed by atoms with van der Waals surface area (Å²) in [6, 6.07) is 7.88. The van der Waals surface area contributed by atoms with E-state index >= 15 is 0 Å². The lowest BCUT2D eigenvalue weighted by atomic mass is 10.1. The SMILES string of the molecule is Cc1ccc([N+](=O)[O-])cc1C(=O)Nc1ccc(F)cc1Br. The molecule has 0 heterocycles. The molecule has 0 spiro atoms. The topological polar surface area (TPSA) is 72.2 Å². The molecular formula is C14H10BrFN2O3. The van der Waals surface area contributed by atoms with Gasteiger partial charge in [0.05, 0.1) is 10.6 Å². The largest absolute Gasteiger partial charge is 0.321 e. The first-order valence-electron chi connectivity index (χ1n) is 5.90. The highest BCUT2D eigenvalue weighted by atomic mass is 79.9. The summed E-state index contributed by atoms with van der Waals surface area (Å²) in [5.41, 5.74) is 1.02. The number of nitro benzene ring substituents is 1. The number of nitro groups is 1. The normalized spacial score (nSPS) is 10.2. The number of nitrogens with one attached hydrogen (secondary N) is 1. The first-order valence-corrected chi connectivity index (χ1v) is 6.69. The Hall–Kier alpha value is -2.28. The Kier molecular flexibility index (Phi) is 4.32. The summed E-state index contributed by atoms with van der Waals surface area (Å²) in [5, 5.41) is 13.3. The first-order chi connectivity index (χ1) is 9.88. The zero-order chi connectivity index (χ0) is 15.6. The van der Waals surface area contributed by atoms with Gasteiger partial charge in [-0.1, -0.05) is 6.07 Å². The number of benzene rings is 2. The van der Waals surface area contributed by atoms with Crippen LogP contribution in [0.4, 0.5) is 15.8 Å². The van der Waals surface area contributed by atoms with Gasteiger partial charge in [0.1, 0.15) is 5.82 Å². The van der Waals surface area contributed by atoms with Crippen molar-refractivity contribution in [2.24, 2.45) is 0 Å². The Morgan fingerprint density at radius 1 is 1.29 bits per heavy atom. The van der Waals surface area contributed by atoms with Crippen molar-refractivity contribution in [3.8, 4) is 0 Å². The van der Waals surface area contributed by atoms with E-state index in [1.165, 1.54) is 36.4 Å². The van der Waals surface area contributed by atoms with Crippen molar-refractivity contribution < 1.29 is 14.1 Å². The van der Waals surface area contributed by atoms with Crippen molar-refractivity contribution in [1.82, 2.24) is 0 Å². The molecule has 0 aromatic heterocycles. The molecule has 0 fully saturated rings. The fourth-order valence-corrected chi connectivity index (χ4v) is 2.20. The second kappa shape index (κ2) is 6.01. The van der Waals surface area contributed by atoms with Crippen molar-refractivity contribution >= 4 is 33.2 Å². The number of anilines is 1. The smallest absolute Gasteiger partial charge is 0.270 e. The number of non-ortho nitro benzene ring substituents is 1. The molecule has 0 saturated carbocycles. The van der Waals surface area contributed by atoms with E-state index in [1.807, 2.05) is 0 Å².